The summed E-state index contributed by atoms with van der Waals surface area (Å²) in [5.41, 5.74) is 1.80. The van der Waals surface area contributed by atoms with Crippen LogP contribution in [-0.2, 0) is 20.8 Å². The molecule has 5 rings (SSSR count). The summed E-state index contributed by atoms with van der Waals surface area (Å²) in [6.07, 6.45) is 4.28. The van der Waals surface area contributed by atoms with Gasteiger partial charge in [0, 0.05) is 32.8 Å². The van der Waals surface area contributed by atoms with E-state index in [2.05, 4.69) is 30.0 Å². The third kappa shape index (κ3) is 8.01. The van der Waals surface area contributed by atoms with Gasteiger partial charge in [0.1, 0.15) is 11.3 Å². The molecule has 0 N–H and O–H groups in total. The van der Waals surface area contributed by atoms with Crippen LogP contribution < -0.4 is 10.3 Å². The van der Waals surface area contributed by atoms with Gasteiger partial charge < -0.3 is 14.2 Å². The molecule has 44 heavy (non-hydrogen) atoms. The van der Waals surface area contributed by atoms with Crippen LogP contribution >= 0.6 is 0 Å². The Morgan fingerprint density at radius 3 is 2.48 bits per heavy atom. The molecule has 1 aliphatic carbocycles. The van der Waals surface area contributed by atoms with E-state index in [1.807, 2.05) is 31.2 Å². The van der Waals surface area contributed by atoms with E-state index < -0.39 is 19.9 Å². The third-order valence-electron chi connectivity index (χ3n) is 9.05. The van der Waals surface area contributed by atoms with Gasteiger partial charge in [0.15, 0.2) is 5.78 Å². The van der Waals surface area contributed by atoms with Crippen LogP contribution in [0.15, 0.2) is 47.3 Å². The van der Waals surface area contributed by atoms with E-state index in [0.717, 1.165) is 49.8 Å². The molecule has 236 valence electrons. The Bertz CT molecular complexity index is 1510. The number of aryl methyl sites for hydroxylation is 1. The molecule has 3 aromatic rings. The normalized spacial score (nSPS) is 21.0. The number of carbonyl (C=O) groups is 2. The summed E-state index contributed by atoms with van der Waals surface area (Å²) in [6, 6.07) is 13.6. The van der Waals surface area contributed by atoms with Crippen LogP contribution in [0.25, 0.3) is 10.9 Å². The lowest BCUT2D eigenvalue weighted by molar-refractivity contribution is -0.150. The average molecular weight is 620 g/mol. The van der Waals surface area contributed by atoms with Crippen molar-refractivity contribution in [3.63, 3.8) is 0 Å². The Morgan fingerprint density at radius 1 is 1.00 bits per heavy atom. The molecule has 0 spiro atoms. The van der Waals surface area contributed by atoms with Gasteiger partial charge in [-0.15, -0.1) is 5.10 Å². The minimum atomic E-state index is -1.42. The van der Waals surface area contributed by atoms with E-state index in [0.29, 0.717) is 48.4 Å². The second-order valence-corrected chi connectivity index (χ2v) is 19.2. The highest BCUT2D eigenvalue weighted by Crippen LogP contribution is 2.41. The third-order valence-corrected chi connectivity index (χ3v) is 10.8. The summed E-state index contributed by atoms with van der Waals surface area (Å²) in [4.78, 5) is 40.8. The standard InChI is InChI=1S/C34H45N3O6Si/c1-23-5-12-30-29(21-23)33(39)37(36-35-30)22-26-8-11-28(31(26)34(40)43-19-20-44(2,3)4)32(38)25-6-9-27(10-7-25)42-18-15-24-13-16-41-17-14-24/h5-7,9-10,12,21,24,26,28,31H,8,11,13-20,22H2,1-4H3/t26-,28-,31-/m0/s1. The predicted octanol–water partition coefficient (Wildman–Crippen LogP) is 5.70. The van der Waals surface area contributed by atoms with Crippen molar-refractivity contribution >= 4 is 30.7 Å². The lowest BCUT2D eigenvalue weighted by Gasteiger charge is -2.24. The summed E-state index contributed by atoms with van der Waals surface area (Å²) in [5, 5.41) is 8.92. The maximum absolute atomic E-state index is 13.9. The van der Waals surface area contributed by atoms with Crippen molar-refractivity contribution in [1.82, 2.24) is 15.0 Å². The number of benzene rings is 2. The summed E-state index contributed by atoms with van der Waals surface area (Å²) in [5.74, 6) is -0.568. The highest BCUT2D eigenvalue weighted by Gasteiger charge is 2.46. The molecule has 10 heteroatoms. The van der Waals surface area contributed by atoms with Gasteiger partial charge in [0.2, 0.25) is 0 Å². The van der Waals surface area contributed by atoms with Crippen molar-refractivity contribution in [2.75, 3.05) is 26.4 Å². The van der Waals surface area contributed by atoms with Gasteiger partial charge in [0.05, 0.1) is 31.1 Å². The second-order valence-electron chi connectivity index (χ2n) is 13.6. The molecule has 0 amide bonds. The van der Waals surface area contributed by atoms with Gasteiger partial charge >= 0.3 is 5.97 Å². The number of fused-ring (bicyclic) bond motifs is 1. The molecule has 1 saturated heterocycles. The summed E-state index contributed by atoms with van der Waals surface area (Å²) >= 11 is 0. The molecule has 0 unspecified atom stereocenters. The molecule has 2 fully saturated rings. The van der Waals surface area contributed by atoms with Crippen molar-refractivity contribution in [2.45, 2.75) is 71.3 Å². The second kappa shape index (κ2) is 14.2. The van der Waals surface area contributed by atoms with E-state index in [4.69, 9.17) is 14.2 Å². The Kier molecular flexibility index (Phi) is 10.3. The number of hydrogen-bond donors (Lipinski definition) is 0. The molecule has 2 aromatic carbocycles. The molecule has 9 nitrogen and oxygen atoms in total. The SMILES string of the molecule is Cc1ccc2nnn(C[C@@H]3CC[C@H](C(=O)c4ccc(OCCC5CCOCC5)cc4)[C@H]3C(=O)OCC[Si](C)(C)C)c(=O)c2c1. The van der Waals surface area contributed by atoms with Crippen molar-refractivity contribution in [1.29, 1.82) is 0 Å². The van der Waals surface area contributed by atoms with E-state index >= 15 is 0 Å². The monoisotopic (exact) mass is 619 g/mol. The number of ketones is 1. The number of ether oxygens (including phenoxy) is 3. The molecular weight excluding hydrogens is 574 g/mol. The zero-order valence-corrected chi connectivity index (χ0v) is 27.4. The zero-order chi connectivity index (χ0) is 31.3. The molecule has 2 aliphatic rings. The van der Waals surface area contributed by atoms with Gasteiger partial charge in [-0.3, -0.25) is 14.4 Å². The lowest BCUT2D eigenvalue weighted by Crippen LogP contribution is -2.36. The topological polar surface area (TPSA) is 110 Å². The van der Waals surface area contributed by atoms with Gasteiger partial charge in [-0.2, -0.15) is 0 Å². The van der Waals surface area contributed by atoms with E-state index in [9.17, 15) is 14.4 Å². The largest absolute Gasteiger partial charge is 0.494 e. The number of aromatic nitrogens is 3. The van der Waals surface area contributed by atoms with Crippen LogP contribution in [-0.4, -0.2) is 61.2 Å². The van der Waals surface area contributed by atoms with Crippen LogP contribution in [0.2, 0.25) is 25.7 Å². The van der Waals surface area contributed by atoms with Crippen LogP contribution in [0.1, 0.15) is 48.0 Å². The first kappa shape index (κ1) is 32.0. The summed E-state index contributed by atoms with van der Waals surface area (Å²) < 4.78 is 18.6. The zero-order valence-electron chi connectivity index (χ0n) is 26.4. The fraction of sp³-hybridized carbons (Fsp3) is 0.559. The van der Waals surface area contributed by atoms with E-state index in [1.165, 1.54) is 4.68 Å². The molecule has 0 bridgehead atoms. The van der Waals surface area contributed by atoms with Crippen LogP contribution in [0, 0.1) is 30.6 Å². The first-order valence-corrected chi connectivity index (χ1v) is 19.7. The number of Topliss-reactive ketones (excluding diaryl/α,β-unsaturated/α-hetero) is 1. The number of rotatable bonds is 12. The van der Waals surface area contributed by atoms with Crippen molar-refractivity contribution in [2.24, 2.45) is 23.7 Å². The molecule has 1 saturated carbocycles. The first-order valence-electron chi connectivity index (χ1n) is 15.9. The fourth-order valence-corrected chi connectivity index (χ4v) is 7.05. The quantitative estimate of drug-likeness (QED) is 0.144. The molecule has 3 atom stereocenters. The Labute approximate surface area is 260 Å². The minimum Gasteiger partial charge on any atom is -0.494 e. The summed E-state index contributed by atoms with van der Waals surface area (Å²) in [6.45, 7) is 11.4. The van der Waals surface area contributed by atoms with Gasteiger partial charge in [-0.25, -0.2) is 4.68 Å². The lowest BCUT2D eigenvalue weighted by atomic mass is 9.84. The van der Waals surface area contributed by atoms with Crippen molar-refractivity contribution in [3.05, 3.63) is 63.9 Å². The maximum Gasteiger partial charge on any atom is 0.310 e. The Balaban J connectivity index is 1.30. The van der Waals surface area contributed by atoms with E-state index in [1.54, 1.807) is 18.2 Å². The molecule has 2 heterocycles. The summed E-state index contributed by atoms with van der Waals surface area (Å²) in [7, 11) is -1.42. The van der Waals surface area contributed by atoms with Gasteiger partial charge in [0.25, 0.3) is 5.56 Å². The van der Waals surface area contributed by atoms with E-state index in [-0.39, 0.29) is 29.8 Å². The van der Waals surface area contributed by atoms with Crippen LogP contribution in [0.3, 0.4) is 0 Å². The Hall–Kier alpha value is -3.37. The Morgan fingerprint density at radius 2 is 1.75 bits per heavy atom. The van der Waals surface area contributed by atoms with Crippen LogP contribution in [0.4, 0.5) is 0 Å². The minimum absolute atomic E-state index is 0.0824. The van der Waals surface area contributed by atoms with Gasteiger partial charge in [-0.1, -0.05) is 36.5 Å². The predicted molar refractivity (Wildman–Crippen MR) is 172 cm³/mol. The number of nitrogens with zero attached hydrogens (tertiary/aromatic N) is 3. The van der Waals surface area contributed by atoms with Gasteiger partial charge in [-0.05, 0) is 93.3 Å². The van der Waals surface area contributed by atoms with Crippen molar-refractivity contribution < 1.29 is 23.8 Å². The highest BCUT2D eigenvalue weighted by atomic mass is 28.3. The van der Waals surface area contributed by atoms with Crippen LogP contribution in [0.5, 0.6) is 5.75 Å². The smallest absolute Gasteiger partial charge is 0.310 e. The molecule has 0 radical (unpaired) electrons. The molecule has 1 aromatic heterocycles. The number of esters is 1. The molecule has 1 aliphatic heterocycles. The highest BCUT2D eigenvalue weighted by molar-refractivity contribution is 6.76. The fourth-order valence-electron chi connectivity index (χ4n) is 6.33. The maximum atomic E-state index is 13.9. The number of hydrogen-bond acceptors (Lipinski definition) is 8. The molecular formula is C34H45N3O6Si. The average Bonchev–Trinajstić information content (AvgIpc) is 3.42. The number of carbonyl (C=O) groups excluding carboxylic acids is 2. The van der Waals surface area contributed by atoms with Crippen molar-refractivity contribution in [3.8, 4) is 5.75 Å². The first-order chi connectivity index (χ1) is 21.1.